The van der Waals surface area contributed by atoms with Crippen LogP contribution in [0.2, 0.25) is 0 Å². The molecule has 1 N–H and O–H groups in total. The summed E-state index contributed by atoms with van der Waals surface area (Å²) >= 11 is 1.37. The van der Waals surface area contributed by atoms with Gasteiger partial charge in [-0.05, 0) is 30.3 Å². The third-order valence-corrected chi connectivity index (χ3v) is 4.26. The van der Waals surface area contributed by atoms with Gasteiger partial charge in [0, 0.05) is 28.7 Å². The van der Waals surface area contributed by atoms with Crippen molar-refractivity contribution in [1.29, 1.82) is 0 Å². The van der Waals surface area contributed by atoms with E-state index >= 15 is 0 Å². The molecule has 0 aliphatic rings. The second-order valence-corrected chi connectivity index (χ2v) is 5.60. The highest BCUT2D eigenvalue weighted by atomic mass is 32.2. The molecule has 3 aromatic rings. The monoisotopic (exact) mass is 301 g/mol. The molecule has 7 heteroatoms. The standard InChI is InChI=1S/C14H15N5OS/c1-3-19-14(16-17-18-19)21-8-12(20)13-9(2)15-11-7-5-4-6-10(11)13/h4-7,15H,3,8H2,1-2H3. The lowest BCUT2D eigenvalue weighted by atomic mass is 10.1. The largest absolute Gasteiger partial charge is 0.358 e. The molecular formula is C14H15N5OS. The Bertz CT molecular complexity index is 792. The van der Waals surface area contributed by atoms with Crippen LogP contribution in [0.15, 0.2) is 29.4 Å². The van der Waals surface area contributed by atoms with E-state index in [0.717, 1.165) is 22.2 Å². The molecule has 0 fully saturated rings. The van der Waals surface area contributed by atoms with Gasteiger partial charge in [0.1, 0.15) is 0 Å². The van der Waals surface area contributed by atoms with Gasteiger partial charge < -0.3 is 4.98 Å². The SMILES string of the molecule is CCn1nnnc1SCC(=O)c1c(C)[nH]c2ccccc12. The van der Waals surface area contributed by atoms with Crippen molar-refractivity contribution in [1.82, 2.24) is 25.2 Å². The number of aromatic amines is 1. The fourth-order valence-electron chi connectivity index (χ4n) is 2.34. The predicted octanol–water partition coefficient (Wildman–Crippen LogP) is 2.46. The average molecular weight is 301 g/mol. The average Bonchev–Trinajstić information content (AvgIpc) is 3.07. The zero-order valence-electron chi connectivity index (χ0n) is 11.8. The number of hydrogen-bond acceptors (Lipinski definition) is 5. The van der Waals surface area contributed by atoms with Crippen LogP contribution < -0.4 is 0 Å². The molecule has 0 unspecified atom stereocenters. The molecule has 0 bridgehead atoms. The molecule has 0 radical (unpaired) electrons. The van der Waals surface area contributed by atoms with Crippen molar-refractivity contribution in [3.63, 3.8) is 0 Å². The molecule has 0 spiro atoms. The van der Waals surface area contributed by atoms with Crippen molar-refractivity contribution in [2.45, 2.75) is 25.5 Å². The molecule has 2 heterocycles. The van der Waals surface area contributed by atoms with Gasteiger partial charge in [0.25, 0.3) is 0 Å². The predicted molar refractivity (Wildman–Crippen MR) is 81.6 cm³/mol. The molecule has 0 amide bonds. The van der Waals surface area contributed by atoms with Gasteiger partial charge >= 0.3 is 0 Å². The number of benzene rings is 1. The third kappa shape index (κ3) is 2.56. The number of H-pyrrole nitrogens is 1. The van der Waals surface area contributed by atoms with Crippen molar-refractivity contribution in [3.8, 4) is 0 Å². The summed E-state index contributed by atoms with van der Waals surface area (Å²) in [7, 11) is 0. The molecule has 6 nitrogen and oxygen atoms in total. The van der Waals surface area contributed by atoms with Crippen LogP contribution in [-0.4, -0.2) is 36.7 Å². The van der Waals surface area contributed by atoms with Crippen molar-refractivity contribution in [3.05, 3.63) is 35.5 Å². The maximum Gasteiger partial charge on any atom is 0.209 e. The number of Topliss-reactive ketones (excluding diaryl/α,β-unsaturated/α-hetero) is 1. The van der Waals surface area contributed by atoms with Crippen LogP contribution in [0, 0.1) is 6.92 Å². The Morgan fingerprint density at radius 1 is 1.38 bits per heavy atom. The van der Waals surface area contributed by atoms with Crippen LogP contribution in [-0.2, 0) is 6.54 Å². The fourth-order valence-corrected chi connectivity index (χ4v) is 3.15. The van der Waals surface area contributed by atoms with Gasteiger partial charge in [-0.2, -0.15) is 0 Å². The quantitative estimate of drug-likeness (QED) is 0.578. The van der Waals surface area contributed by atoms with Crippen molar-refractivity contribution >= 4 is 28.4 Å². The molecular weight excluding hydrogens is 286 g/mol. The minimum absolute atomic E-state index is 0.0839. The van der Waals surface area contributed by atoms with E-state index in [1.165, 1.54) is 11.8 Å². The number of fused-ring (bicyclic) bond motifs is 1. The highest BCUT2D eigenvalue weighted by Crippen LogP contribution is 2.24. The molecule has 3 rings (SSSR count). The Balaban J connectivity index is 1.83. The van der Waals surface area contributed by atoms with E-state index in [0.29, 0.717) is 17.5 Å². The lowest BCUT2D eigenvalue weighted by Gasteiger charge is -2.02. The summed E-state index contributed by atoms with van der Waals surface area (Å²) in [5, 5.41) is 13.1. The van der Waals surface area contributed by atoms with Crippen LogP contribution in [0.1, 0.15) is 23.0 Å². The zero-order valence-corrected chi connectivity index (χ0v) is 12.6. The number of carbonyl (C=O) groups excluding carboxylic acids is 1. The second kappa shape index (κ2) is 5.69. The molecule has 108 valence electrons. The second-order valence-electron chi connectivity index (χ2n) is 4.66. The summed E-state index contributed by atoms with van der Waals surface area (Å²) in [5.41, 5.74) is 2.65. The van der Waals surface area contributed by atoms with Crippen LogP contribution in [0.4, 0.5) is 0 Å². The van der Waals surface area contributed by atoms with Gasteiger partial charge in [0.05, 0.1) is 5.75 Å². The van der Waals surface area contributed by atoms with Gasteiger partial charge in [-0.3, -0.25) is 4.79 Å². The van der Waals surface area contributed by atoms with Gasteiger partial charge in [0.2, 0.25) is 5.16 Å². The van der Waals surface area contributed by atoms with Crippen LogP contribution >= 0.6 is 11.8 Å². The first-order chi connectivity index (χ1) is 10.2. The van der Waals surface area contributed by atoms with Gasteiger partial charge in [-0.15, -0.1) is 5.10 Å². The van der Waals surface area contributed by atoms with Gasteiger partial charge in [0.15, 0.2) is 5.78 Å². The number of carbonyl (C=O) groups is 1. The number of aromatic nitrogens is 5. The summed E-state index contributed by atoms with van der Waals surface area (Å²) < 4.78 is 1.68. The van der Waals surface area contributed by atoms with Crippen LogP contribution in [0.5, 0.6) is 0 Å². The van der Waals surface area contributed by atoms with E-state index in [2.05, 4.69) is 20.5 Å². The summed E-state index contributed by atoms with van der Waals surface area (Å²) in [6.07, 6.45) is 0. The zero-order chi connectivity index (χ0) is 14.8. The molecule has 0 aliphatic heterocycles. The summed E-state index contributed by atoms with van der Waals surface area (Å²) in [4.78, 5) is 15.8. The summed E-state index contributed by atoms with van der Waals surface area (Å²) in [6, 6.07) is 7.84. The van der Waals surface area contributed by atoms with Crippen LogP contribution in [0.3, 0.4) is 0 Å². The lowest BCUT2D eigenvalue weighted by Crippen LogP contribution is -2.06. The molecule has 2 aromatic heterocycles. The Morgan fingerprint density at radius 2 is 2.19 bits per heavy atom. The molecule has 0 saturated carbocycles. The highest BCUT2D eigenvalue weighted by Gasteiger charge is 2.17. The lowest BCUT2D eigenvalue weighted by molar-refractivity contribution is 0.102. The topological polar surface area (TPSA) is 76.5 Å². The number of rotatable bonds is 5. The Kier molecular flexibility index (Phi) is 3.74. The van der Waals surface area contributed by atoms with Crippen LogP contribution in [0.25, 0.3) is 10.9 Å². The van der Waals surface area contributed by atoms with E-state index in [4.69, 9.17) is 0 Å². The number of thioether (sulfide) groups is 1. The first kappa shape index (κ1) is 13.8. The van der Waals surface area contributed by atoms with Crippen molar-refractivity contribution in [2.24, 2.45) is 0 Å². The number of hydrogen-bond donors (Lipinski definition) is 1. The maximum atomic E-state index is 12.5. The number of tetrazole rings is 1. The number of para-hydroxylation sites is 1. The Hall–Kier alpha value is -2.15. The Labute approximate surface area is 125 Å². The van der Waals surface area contributed by atoms with Gasteiger partial charge in [-0.1, -0.05) is 30.0 Å². The number of nitrogens with zero attached hydrogens (tertiary/aromatic N) is 4. The van der Waals surface area contributed by atoms with Crippen molar-refractivity contribution < 1.29 is 4.79 Å². The van der Waals surface area contributed by atoms with E-state index < -0.39 is 0 Å². The molecule has 0 aliphatic carbocycles. The first-order valence-electron chi connectivity index (χ1n) is 6.70. The summed E-state index contributed by atoms with van der Waals surface area (Å²) in [5.74, 6) is 0.406. The van der Waals surface area contributed by atoms with E-state index in [-0.39, 0.29) is 5.78 Å². The fraction of sp³-hybridized carbons (Fsp3) is 0.286. The maximum absolute atomic E-state index is 12.5. The highest BCUT2D eigenvalue weighted by molar-refractivity contribution is 7.99. The normalized spacial score (nSPS) is 11.1. The number of ketones is 1. The van der Waals surface area contributed by atoms with Crippen molar-refractivity contribution in [2.75, 3.05) is 5.75 Å². The van der Waals surface area contributed by atoms with E-state index in [1.54, 1.807) is 4.68 Å². The van der Waals surface area contributed by atoms with Gasteiger partial charge in [-0.25, -0.2) is 4.68 Å². The molecule has 0 saturated heterocycles. The van der Waals surface area contributed by atoms with E-state index in [9.17, 15) is 4.79 Å². The smallest absolute Gasteiger partial charge is 0.209 e. The minimum Gasteiger partial charge on any atom is -0.358 e. The van der Waals surface area contributed by atoms with E-state index in [1.807, 2.05) is 38.1 Å². The molecule has 21 heavy (non-hydrogen) atoms. The third-order valence-electron chi connectivity index (χ3n) is 3.30. The molecule has 1 aromatic carbocycles. The Morgan fingerprint density at radius 3 is 3.00 bits per heavy atom. The first-order valence-corrected chi connectivity index (χ1v) is 7.68. The minimum atomic E-state index is 0.0839. The summed E-state index contributed by atoms with van der Waals surface area (Å²) in [6.45, 7) is 4.58. The number of aryl methyl sites for hydroxylation is 2. The number of nitrogens with one attached hydrogen (secondary N) is 1. The molecule has 0 atom stereocenters.